The zero-order chi connectivity index (χ0) is 18.2. The highest BCUT2D eigenvalue weighted by Crippen LogP contribution is 2.48. The van der Waals surface area contributed by atoms with Crippen LogP contribution in [0.15, 0.2) is 60.7 Å². The van der Waals surface area contributed by atoms with Crippen LogP contribution in [0, 0.1) is 0 Å². The Kier molecular flexibility index (Phi) is 4.88. The van der Waals surface area contributed by atoms with Crippen molar-refractivity contribution in [3.8, 4) is 11.5 Å². The molecule has 0 fully saturated rings. The van der Waals surface area contributed by atoms with E-state index in [0.29, 0.717) is 31.8 Å². The molecular formula is C20H15Cl3O2. The smallest absolute Gasteiger partial charge is 0.120 e. The summed E-state index contributed by atoms with van der Waals surface area (Å²) in [5.74, 6) is 0.0948. The van der Waals surface area contributed by atoms with Gasteiger partial charge >= 0.3 is 0 Å². The first kappa shape index (κ1) is 17.9. The molecule has 5 heteroatoms. The Labute approximate surface area is 161 Å². The van der Waals surface area contributed by atoms with Gasteiger partial charge in [-0.05, 0) is 55.0 Å². The van der Waals surface area contributed by atoms with Crippen molar-refractivity contribution < 1.29 is 10.2 Å². The summed E-state index contributed by atoms with van der Waals surface area (Å²) in [5, 5.41) is 22.5. The molecule has 2 N–H and O–H groups in total. The van der Waals surface area contributed by atoms with Crippen molar-refractivity contribution in [2.24, 2.45) is 0 Å². The molecule has 0 bridgehead atoms. The van der Waals surface area contributed by atoms with E-state index in [-0.39, 0.29) is 11.5 Å². The molecule has 0 aliphatic carbocycles. The summed E-state index contributed by atoms with van der Waals surface area (Å²) < 4.78 is 0. The topological polar surface area (TPSA) is 40.5 Å². The highest BCUT2D eigenvalue weighted by Gasteiger charge is 2.37. The van der Waals surface area contributed by atoms with E-state index >= 15 is 0 Å². The van der Waals surface area contributed by atoms with E-state index in [2.05, 4.69) is 0 Å². The van der Waals surface area contributed by atoms with E-state index < -0.39 is 5.41 Å². The third-order valence-electron chi connectivity index (χ3n) is 4.41. The van der Waals surface area contributed by atoms with Crippen LogP contribution in [0.5, 0.6) is 11.5 Å². The molecule has 0 radical (unpaired) electrons. The van der Waals surface area contributed by atoms with E-state index in [1.165, 1.54) is 12.1 Å². The Morgan fingerprint density at radius 2 is 1.16 bits per heavy atom. The fraction of sp³-hybridized carbons (Fsp3) is 0.100. The first-order valence-corrected chi connectivity index (χ1v) is 8.70. The van der Waals surface area contributed by atoms with Crippen molar-refractivity contribution in [1.82, 2.24) is 0 Å². The number of hydrogen-bond donors (Lipinski definition) is 2. The van der Waals surface area contributed by atoms with Crippen molar-refractivity contribution in [3.05, 3.63) is 92.4 Å². The number of aromatic hydroxyl groups is 2. The van der Waals surface area contributed by atoms with Crippen LogP contribution in [0.2, 0.25) is 15.1 Å². The predicted octanol–water partition coefficient (Wildman–Crippen LogP) is 6.41. The lowest BCUT2D eigenvalue weighted by atomic mass is 9.70. The molecular weight excluding hydrogens is 379 g/mol. The maximum Gasteiger partial charge on any atom is 0.120 e. The van der Waals surface area contributed by atoms with Gasteiger partial charge in [0.1, 0.15) is 11.5 Å². The van der Waals surface area contributed by atoms with Crippen LogP contribution < -0.4 is 0 Å². The average Bonchev–Trinajstić information content (AvgIpc) is 2.59. The molecule has 3 aromatic carbocycles. The van der Waals surface area contributed by atoms with Gasteiger partial charge in [-0.2, -0.15) is 0 Å². The summed E-state index contributed by atoms with van der Waals surface area (Å²) >= 11 is 18.8. The van der Waals surface area contributed by atoms with Gasteiger partial charge in [-0.1, -0.05) is 53.0 Å². The monoisotopic (exact) mass is 392 g/mol. The van der Waals surface area contributed by atoms with Crippen LogP contribution in [0.4, 0.5) is 0 Å². The molecule has 2 nitrogen and oxygen atoms in total. The van der Waals surface area contributed by atoms with Crippen molar-refractivity contribution >= 4 is 34.8 Å². The zero-order valence-corrected chi connectivity index (χ0v) is 15.6. The van der Waals surface area contributed by atoms with Gasteiger partial charge in [0.25, 0.3) is 0 Å². The lowest BCUT2D eigenvalue weighted by Crippen LogP contribution is -2.26. The molecule has 0 spiro atoms. The number of phenols is 2. The van der Waals surface area contributed by atoms with E-state index in [1.807, 2.05) is 25.1 Å². The quantitative estimate of drug-likeness (QED) is 0.505. The van der Waals surface area contributed by atoms with Gasteiger partial charge in [0.05, 0.1) is 5.41 Å². The van der Waals surface area contributed by atoms with Gasteiger partial charge in [0.15, 0.2) is 0 Å². The molecule has 0 heterocycles. The third-order valence-corrected chi connectivity index (χ3v) is 5.21. The molecule has 0 aliphatic rings. The second kappa shape index (κ2) is 6.80. The molecule has 25 heavy (non-hydrogen) atoms. The van der Waals surface area contributed by atoms with E-state index in [9.17, 15) is 10.2 Å². The fourth-order valence-electron chi connectivity index (χ4n) is 3.12. The minimum Gasteiger partial charge on any atom is -0.508 e. The number of rotatable bonds is 3. The predicted molar refractivity (Wildman–Crippen MR) is 103 cm³/mol. The maximum atomic E-state index is 10.5. The van der Waals surface area contributed by atoms with Crippen molar-refractivity contribution in [2.75, 3.05) is 0 Å². The second-order valence-corrected chi connectivity index (χ2v) is 7.21. The SMILES string of the molecule is CC(c1cc(Cl)ccc1O)(c1cc(Cl)ccc1O)c1ccccc1Cl. The summed E-state index contributed by atoms with van der Waals surface area (Å²) in [6, 6.07) is 16.9. The van der Waals surface area contributed by atoms with Crippen molar-refractivity contribution in [2.45, 2.75) is 12.3 Å². The Bertz CT molecular complexity index is 886. The molecule has 128 valence electrons. The van der Waals surface area contributed by atoms with Gasteiger partial charge in [0, 0.05) is 26.2 Å². The standard InChI is InChI=1S/C20H15Cl3O2/c1-20(14-4-2-3-5-17(14)23,15-10-12(21)6-8-18(15)24)16-11-13(22)7-9-19(16)25/h2-11,24-25H,1H3. The Hall–Kier alpha value is -1.87. The summed E-state index contributed by atoms with van der Waals surface area (Å²) in [5.41, 5.74) is 0.783. The number of halogens is 3. The van der Waals surface area contributed by atoms with Crippen LogP contribution in [0.1, 0.15) is 23.6 Å². The summed E-state index contributed by atoms with van der Waals surface area (Å²) in [6.45, 7) is 1.87. The van der Waals surface area contributed by atoms with E-state index in [0.717, 1.165) is 0 Å². The lowest BCUT2D eigenvalue weighted by molar-refractivity contribution is 0.442. The van der Waals surface area contributed by atoms with Gasteiger partial charge in [-0.25, -0.2) is 0 Å². The molecule has 0 saturated heterocycles. The summed E-state index contributed by atoms with van der Waals surface area (Å²) in [6.07, 6.45) is 0. The Morgan fingerprint density at radius 3 is 1.64 bits per heavy atom. The highest BCUT2D eigenvalue weighted by molar-refractivity contribution is 6.32. The second-order valence-electron chi connectivity index (χ2n) is 5.93. The molecule has 0 aliphatic heterocycles. The summed E-state index contributed by atoms with van der Waals surface area (Å²) in [4.78, 5) is 0. The molecule has 0 unspecified atom stereocenters. The Balaban J connectivity index is 2.43. The summed E-state index contributed by atoms with van der Waals surface area (Å²) in [7, 11) is 0. The molecule has 0 aromatic heterocycles. The minimum atomic E-state index is -0.970. The minimum absolute atomic E-state index is 0.0474. The van der Waals surface area contributed by atoms with Gasteiger partial charge in [0.2, 0.25) is 0 Å². The van der Waals surface area contributed by atoms with Crippen molar-refractivity contribution in [1.29, 1.82) is 0 Å². The third kappa shape index (κ3) is 3.18. The van der Waals surface area contributed by atoms with Crippen LogP contribution in [-0.4, -0.2) is 10.2 Å². The molecule has 0 amide bonds. The molecule has 0 saturated carbocycles. The van der Waals surface area contributed by atoms with Crippen LogP contribution in [0.25, 0.3) is 0 Å². The molecule has 3 aromatic rings. The van der Waals surface area contributed by atoms with Crippen LogP contribution >= 0.6 is 34.8 Å². The normalized spacial score (nSPS) is 11.5. The first-order valence-electron chi connectivity index (χ1n) is 7.57. The first-order chi connectivity index (χ1) is 11.8. The van der Waals surface area contributed by atoms with Crippen LogP contribution in [0.3, 0.4) is 0 Å². The fourth-order valence-corrected chi connectivity index (χ4v) is 3.79. The molecule has 3 rings (SSSR count). The average molecular weight is 394 g/mol. The van der Waals surface area contributed by atoms with Gasteiger partial charge in [-0.3, -0.25) is 0 Å². The largest absolute Gasteiger partial charge is 0.508 e. The zero-order valence-electron chi connectivity index (χ0n) is 13.3. The number of hydrogen-bond acceptors (Lipinski definition) is 2. The number of phenolic OH excluding ortho intramolecular Hbond substituents is 2. The van der Waals surface area contributed by atoms with E-state index in [4.69, 9.17) is 34.8 Å². The Morgan fingerprint density at radius 1 is 0.680 bits per heavy atom. The highest BCUT2D eigenvalue weighted by atomic mass is 35.5. The van der Waals surface area contributed by atoms with Gasteiger partial charge in [-0.15, -0.1) is 0 Å². The van der Waals surface area contributed by atoms with Crippen LogP contribution in [-0.2, 0) is 5.41 Å². The number of benzene rings is 3. The molecule has 0 atom stereocenters. The maximum absolute atomic E-state index is 10.5. The van der Waals surface area contributed by atoms with Crippen molar-refractivity contribution in [3.63, 3.8) is 0 Å². The van der Waals surface area contributed by atoms with Gasteiger partial charge < -0.3 is 10.2 Å². The lowest BCUT2D eigenvalue weighted by Gasteiger charge is -2.33. The van der Waals surface area contributed by atoms with E-state index in [1.54, 1.807) is 30.3 Å².